The van der Waals surface area contributed by atoms with Gasteiger partial charge in [-0.3, -0.25) is 4.79 Å². The zero-order valence-corrected chi connectivity index (χ0v) is 16.5. The molecule has 1 aromatic heterocycles. The van der Waals surface area contributed by atoms with Crippen LogP contribution in [0.15, 0.2) is 36.4 Å². The van der Waals surface area contributed by atoms with Crippen LogP contribution in [0.25, 0.3) is 10.9 Å². The van der Waals surface area contributed by atoms with Crippen molar-refractivity contribution in [3.63, 3.8) is 0 Å². The molecule has 0 unspecified atom stereocenters. The van der Waals surface area contributed by atoms with E-state index in [-0.39, 0.29) is 18.1 Å². The number of benzene rings is 2. The Morgan fingerprint density at radius 3 is 2.71 bits per heavy atom. The van der Waals surface area contributed by atoms with E-state index in [2.05, 4.69) is 44.0 Å². The van der Waals surface area contributed by atoms with E-state index in [0.29, 0.717) is 30.2 Å². The number of hydrogen-bond acceptors (Lipinski definition) is 3. The summed E-state index contributed by atoms with van der Waals surface area (Å²) in [6.45, 7) is 8.22. The number of fused-ring (bicyclic) bond motifs is 4. The number of nitrogens with zero attached hydrogens (tertiary/aromatic N) is 1. The molecule has 0 saturated heterocycles. The first-order valence-electron chi connectivity index (χ1n) is 9.73. The second-order valence-corrected chi connectivity index (χ2v) is 8.64. The molecule has 2 aliphatic heterocycles. The van der Waals surface area contributed by atoms with Crippen molar-refractivity contribution in [2.24, 2.45) is 0 Å². The third-order valence-electron chi connectivity index (χ3n) is 5.75. The fourth-order valence-corrected chi connectivity index (χ4v) is 4.07. The molecule has 0 fully saturated rings. The van der Waals surface area contributed by atoms with Crippen LogP contribution in [0.5, 0.6) is 11.5 Å². The molecule has 3 heterocycles. The summed E-state index contributed by atoms with van der Waals surface area (Å²) in [7, 11) is 0. The van der Waals surface area contributed by atoms with Gasteiger partial charge in [-0.25, -0.2) is 0 Å². The van der Waals surface area contributed by atoms with Crippen LogP contribution in [0.4, 0.5) is 0 Å². The quantitative estimate of drug-likeness (QED) is 0.685. The highest BCUT2D eigenvalue weighted by atomic mass is 16.7. The fourth-order valence-electron chi connectivity index (χ4n) is 4.07. The Labute approximate surface area is 164 Å². The number of hydrogen-bond donors (Lipinski definition) is 1. The third kappa shape index (κ3) is 2.73. The van der Waals surface area contributed by atoms with Crippen LogP contribution in [0.1, 0.15) is 48.0 Å². The Kier molecular flexibility index (Phi) is 3.69. The van der Waals surface area contributed by atoms with Crippen LogP contribution < -0.4 is 9.47 Å². The largest absolute Gasteiger partial charge is 0.454 e. The van der Waals surface area contributed by atoms with Crippen molar-refractivity contribution in [3.8, 4) is 11.5 Å². The molecule has 5 heteroatoms. The zero-order valence-electron chi connectivity index (χ0n) is 16.5. The van der Waals surface area contributed by atoms with Crippen LogP contribution in [0, 0.1) is 0 Å². The molecule has 2 aliphatic rings. The molecule has 0 saturated carbocycles. The van der Waals surface area contributed by atoms with Crippen LogP contribution in [0.3, 0.4) is 0 Å². The highest BCUT2D eigenvalue weighted by Gasteiger charge is 2.27. The Morgan fingerprint density at radius 2 is 1.89 bits per heavy atom. The first-order chi connectivity index (χ1) is 13.4. The Balaban J connectivity index is 1.47. The van der Waals surface area contributed by atoms with Crippen molar-refractivity contribution in [1.82, 2.24) is 9.88 Å². The number of amides is 1. The monoisotopic (exact) mass is 376 g/mol. The van der Waals surface area contributed by atoms with Gasteiger partial charge in [0, 0.05) is 47.2 Å². The van der Waals surface area contributed by atoms with E-state index < -0.39 is 0 Å². The number of aromatic nitrogens is 1. The fraction of sp³-hybridized carbons (Fsp3) is 0.348. The molecule has 28 heavy (non-hydrogen) atoms. The minimum Gasteiger partial charge on any atom is -0.454 e. The molecule has 0 aliphatic carbocycles. The summed E-state index contributed by atoms with van der Waals surface area (Å²) in [5.74, 6) is 1.37. The van der Waals surface area contributed by atoms with Gasteiger partial charge in [-0.15, -0.1) is 0 Å². The van der Waals surface area contributed by atoms with Crippen molar-refractivity contribution >= 4 is 16.8 Å². The molecule has 0 bridgehead atoms. The number of carbonyl (C=O) groups is 1. The van der Waals surface area contributed by atoms with Gasteiger partial charge in [0.25, 0.3) is 5.91 Å². The third-order valence-corrected chi connectivity index (χ3v) is 5.75. The van der Waals surface area contributed by atoms with Gasteiger partial charge in [-0.2, -0.15) is 0 Å². The molecule has 5 rings (SSSR count). The molecular weight excluding hydrogens is 352 g/mol. The minimum atomic E-state index is 0.0327. The lowest BCUT2D eigenvalue weighted by Crippen LogP contribution is -2.35. The molecule has 3 aromatic rings. The van der Waals surface area contributed by atoms with Crippen LogP contribution >= 0.6 is 0 Å². The Bertz CT molecular complexity index is 1090. The van der Waals surface area contributed by atoms with Gasteiger partial charge in [0.1, 0.15) is 0 Å². The first kappa shape index (κ1) is 17.2. The number of ether oxygens (including phenoxy) is 2. The van der Waals surface area contributed by atoms with Gasteiger partial charge >= 0.3 is 0 Å². The Morgan fingerprint density at radius 1 is 1.07 bits per heavy atom. The van der Waals surface area contributed by atoms with E-state index >= 15 is 0 Å². The van der Waals surface area contributed by atoms with Gasteiger partial charge in [0.2, 0.25) is 6.79 Å². The lowest BCUT2D eigenvalue weighted by atomic mass is 9.86. The minimum absolute atomic E-state index is 0.0327. The summed E-state index contributed by atoms with van der Waals surface area (Å²) in [5.41, 5.74) is 5.67. The number of rotatable bonds is 1. The lowest BCUT2D eigenvalue weighted by Gasteiger charge is -2.27. The van der Waals surface area contributed by atoms with Gasteiger partial charge in [-0.1, -0.05) is 26.8 Å². The second kappa shape index (κ2) is 6.03. The molecule has 2 aromatic carbocycles. The van der Waals surface area contributed by atoms with Crippen molar-refractivity contribution in [3.05, 3.63) is 58.8 Å². The van der Waals surface area contributed by atoms with Gasteiger partial charge in [0.15, 0.2) is 11.5 Å². The molecule has 0 spiro atoms. The predicted molar refractivity (Wildman–Crippen MR) is 108 cm³/mol. The number of nitrogens with one attached hydrogen (secondary N) is 1. The standard InChI is InChI=1S/C23H24N2O3/c1-23(2,3)15-5-6-18-16(11-15)17-12-25(9-8-19(17)24-18)22(26)14-4-7-20-21(10-14)28-13-27-20/h4-7,10-11,24H,8-9,12-13H2,1-3H3. The van der Waals surface area contributed by atoms with Crippen molar-refractivity contribution in [2.45, 2.75) is 39.2 Å². The molecule has 5 nitrogen and oxygen atoms in total. The molecule has 0 radical (unpaired) electrons. The summed E-state index contributed by atoms with van der Waals surface area (Å²) in [4.78, 5) is 18.6. The smallest absolute Gasteiger partial charge is 0.254 e. The maximum Gasteiger partial charge on any atom is 0.254 e. The Hall–Kier alpha value is -2.95. The summed E-state index contributed by atoms with van der Waals surface area (Å²) in [6.07, 6.45) is 0.838. The topological polar surface area (TPSA) is 54.6 Å². The van der Waals surface area contributed by atoms with Gasteiger partial charge in [-0.05, 0) is 41.3 Å². The van der Waals surface area contributed by atoms with Gasteiger partial charge < -0.3 is 19.4 Å². The van der Waals surface area contributed by atoms with E-state index in [1.54, 1.807) is 6.07 Å². The van der Waals surface area contributed by atoms with E-state index in [1.165, 1.54) is 22.2 Å². The van der Waals surface area contributed by atoms with E-state index in [0.717, 1.165) is 11.9 Å². The van der Waals surface area contributed by atoms with Crippen LogP contribution in [-0.2, 0) is 18.4 Å². The molecule has 1 N–H and O–H groups in total. The zero-order chi connectivity index (χ0) is 19.5. The highest BCUT2D eigenvalue weighted by molar-refractivity contribution is 5.96. The molecule has 1 amide bonds. The number of carbonyl (C=O) groups excluding carboxylic acids is 1. The SMILES string of the molecule is CC(C)(C)c1ccc2[nH]c3c(c2c1)CN(C(=O)c1ccc2c(c1)OCO2)CC3. The van der Waals surface area contributed by atoms with Crippen molar-refractivity contribution < 1.29 is 14.3 Å². The van der Waals surface area contributed by atoms with E-state index in [9.17, 15) is 4.79 Å². The number of H-pyrrole nitrogens is 1. The molecular formula is C23H24N2O3. The van der Waals surface area contributed by atoms with E-state index in [1.807, 2.05) is 17.0 Å². The highest BCUT2D eigenvalue weighted by Crippen LogP contribution is 2.35. The van der Waals surface area contributed by atoms with Crippen LogP contribution in [0.2, 0.25) is 0 Å². The average molecular weight is 376 g/mol. The summed E-state index contributed by atoms with van der Waals surface area (Å²) >= 11 is 0. The molecule has 144 valence electrons. The summed E-state index contributed by atoms with van der Waals surface area (Å²) in [5, 5.41) is 1.23. The number of aromatic amines is 1. The first-order valence-corrected chi connectivity index (χ1v) is 9.73. The predicted octanol–water partition coefficient (Wildman–Crippen LogP) is 4.39. The van der Waals surface area contributed by atoms with Crippen molar-refractivity contribution in [2.75, 3.05) is 13.3 Å². The lowest BCUT2D eigenvalue weighted by molar-refractivity contribution is 0.0734. The maximum atomic E-state index is 13.1. The average Bonchev–Trinajstić information content (AvgIpc) is 3.29. The molecule has 0 atom stereocenters. The summed E-state index contributed by atoms with van der Waals surface area (Å²) < 4.78 is 10.8. The second-order valence-electron chi connectivity index (χ2n) is 8.64. The van der Waals surface area contributed by atoms with Crippen LogP contribution in [-0.4, -0.2) is 29.1 Å². The van der Waals surface area contributed by atoms with Gasteiger partial charge in [0.05, 0.1) is 0 Å². The van der Waals surface area contributed by atoms with Crippen molar-refractivity contribution in [1.29, 1.82) is 0 Å². The van der Waals surface area contributed by atoms with E-state index in [4.69, 9.17) is 9.47 Å². The maximum absolute atomic E-state index is 13.1. The normalized spacial score (nSPS) is 15.8. The summed E-state index contributed by atoms with van der Waals surface area (Å²) in [6, 6.07) is 12.1.